The van der Waals surface area contributed by atoms with E-state index in [0.717, 1.165) is 25.3 Å². The highest BCUT2D eigenvalue weighted by Crippen LogP contribution is 2.14. The number of amides is 1. The van der Waals surface area contributed by atoms with Gasteiger partial charge in [0, 0.05) is 25.0 Å². The first-order valence-corrected chi connectivity index (χ1v) is 6.64. The van der Waals surface area contributed by atoms with Crippen molar-refractivity contribution in [2.45, 2.75) is 19.8 Å². The van der Waals surface area contributed by atoms with Crippen LogP contribution in [0, 0.1) is 6.92 Å². The molecule has 19 heavy (non-hydrogen) atoms. The predicted molar refractivity (Wildman–Crippen MR) is 74.8 cm³/mol. The van der Waals surface area contributed by atoms with Crippen LogP contribution in [0.1, 0.15) is 28.9 Å². The Labute approximate surface area is 113 Å². The van der Waals surface area contributed by atoms with E-state index in [4.69, 9.17) is 5.84 Å². The van der Waals surface area contributed by atoms with Crippen molar-refractivity contribution in [3.63, 3.8) is 0 Å². The van der Waals surface area contributed by atoms with Gasteiger partial charge in [0.25, 0.3) is 5.91 Å². The molecule has 1 saturated heterocycles. The van der Waals surface area contributed by atoms with Crippen LogP contribution in [0.25, 0.3) is 0 Å². The molecule has 1 aromatic rings. The van der Waals surface area contributed by atoms with Crippen molar-refractivity contribution in [2.24, 2.45) is 5.84 Å². The fraction of sp³-hybridized carbons (Fsp3) is 0.538. The number of aromatic nitrogens is 1. The molecule has 1 aliphatic rings. The van der Waals surface area contributed by atoms with Gasteiger partial charge in [0.1, 0.15) is 0 Å². The van der Waals surface area contributed by atoms with Gasteiger partial charge in [-0.15, -0.1) is 0 Å². The number of rotatable bonds is 5. The van der Waals surface area contributed by atoms with Crippen molar-refractivity contribution in [3.8, 4) is 0 Å². The maximum Gasteiger partial charge on any atom is 0.255 e. The zero-order valence-corrected chi connectivity index (χ0v) is 11.3. The molecular formula is C13H21N5O. The molecule has 6 nitrogen and oxygen atoms in total. The summed E-state index contributed by atoms with van der Waals surface area (Å²) in [5.41, 5.74) is 4.44. The lowest BCUT2D eigenvalue weighted by atomic mass is 10.2. The average molecular weight is 263 g/mol. The second kappa shape index (κ2) is 6.49. The molecule has 0 unspecified atom stereocenters. The zero-order valence-electron chi connectivity index (χ0n) is 11.3. The van der Waals surface area contributed by atoms with Crippen molar-refractivity contribution in [3.05, 3.63) is 23.5 Å². The molecule has 0 spiro atoms. The molecule has 2 heterocycles. The molecule has 1 amide bonds. The third kappa shape index (κ3) is 3.65. The van der Waals surface area contributed by atoms with Gasteiger partial charge < -0.3 is 15.6 Å². The summed E-state index contributed by atoms with van der Waals surface area (Å²) >= 11 is 0. The van der Waals surface area contributed by atoms with Crippen LogP contribution < -0.4 is 16.6 Å². The molecule has 6 heteroatoms. The number of nitrogens with zero attached hydrogens (tertiary/aromatic N) is 2. The maximum absolute atomic E-state index is 12.0. The molecule has 0 aromatic carbocycles. The van der Waals surface area contributed by atoms with Gasteiger partial charge in [-0.05, 0) is 38.9 Å². The number of pyridine rings is 1. The van der Waals surface area contributed by atoms with Gasteiger partial charge in [-0.1, -0.05) is 0 Å². The van der Waals surface area contributed by atoms with Gasteiger partial charge in [-0.25, -0.2) is 0 Å². The van der Waals surface area contributed by atoms with Crippen molar-refractivity contribution in [1.82, 2.24) is 15.2 Å². The van der Waals surface area contributed by atoms with E-state index in [2.05, 4.69) is 20.6 Å². The third-order valence-corrected chi connectivity index (χ3v) is 3.35. The maximum atomic E-state index is 12.0. The number of nitrogens with two attached hydrogens (primary N) is 1. The quantitative estimate of drug-likeness (QED) is 0.532. The molecule has 2 rings (SSSR count). The molecular weight excluding hydrogens is 242 g/mol. The second-order valence-electron chi connectivity index (χ2n) is 4.82. The molecule has 0 aliphatic carbocycles. The van der Waals surface area contributed by atoms with Crippen LogP contribution in [0.3, 0.4) is 0 Å². The van der Waals surface area contributed by atoms with E-state index in [9.17, 15) is 4.79 Å². The number of hydrogen-bond acceptors (Lipinski definition) is 5. The molecule has 4 N–H and O–H groups in total. The molecule has 1 aromatic heterocycles. The third-order valence-electron chi connectivity index (χ3n) is 3.35. The smallest absolute Gasteiger partial charge is 0.255 e. The largest absolute Gasteiger partial charge is 0.351 e. The number of nitrogens with one attached hydrogen (secondary N) is 2. The Morgan fingerprint density at radius 3 is 2.89 bits per heavy atom. The zero-order chi connectivity index (χ0) is 13.7. The fourth-order valence-corrected chi connectivity index (χ4v) is 2.29. The Hall–Kier alpha value is -1.66. The number of carbonyl (C=O) groups is 1. The number of hydrogen-bond donors (Lipinski definition) is 3. The van der Waals surface area contributed by atoms with Gasteiger partial charge in [0.15, 0.2) is 0 Å². The van der Waals surface area contributed by atoms with E-state index in [0.29, 0.717) is 17.8 Å². The second-order valence-corrected chi connectivity index (χ2v) is 4.82. The Bertz CT molecular complexity index is 443. The number of hydrazine groups is 1. The molecule has 0 bridgehead atoms. The van der Waals surface area contributed by atoms with Crippen LogP contribution in [0.4, 0.5) is 5.69 Å². The van der Waals surface area contributed by atoms with E-state index in [-0.39, 0.29) is 5.91 Å². The van der Waals surface area contributed by atoms with Crippen LogP contribution in [0.2, 0.25) is 0 Å². The van der Waals surface area contributed by atoms with Gasteiger partial charge >= 0.3 is 0 Å². The predicted octanol–water partition coefficient (Wildman–Crippen LogP) is 0.501. The summed E-state index contributed by atoms with van der Waals surface area (Å²) in [6, 6.07) is 1.76. The highest BCUT2D eigenvalue weighted by molar-refractivity contribution is 5.99. The number of carbonyl (C=O) groups excluding carboxylic acids is 1. The van der Waals surface area contributed by atoms with E-state index in [1.165, 1.54) is 12.8 Å². The number of nitrogen functional groups attached to an aromatic ring is 1. The first-order valence-electron chi connectivity index (χ1n) is 6.64. The van der Waals surface area contributed by atoms with Crippen molar-refractivity contribution >= 4 is 11.6 Å². The molecule has 0 saturated carbocycles. The number of anilines is 1. The summed E-state index contributed by atoms with van der Waals surface area (Å²) in [4.78, 5) is 18.5. The van der Waals surface area contributed by atoms with Gasteiger partial charge in [-0.2, -0.15) is 0 Å². The first-order chi connectivity index (χ1) is 9.20. The summed E-state index contributed by atoms with van der Waals surface area (Å²) in [6.45, 7) is 5.68. The number of likely N-dealkylation sites (tertiary alicyclic amines) is 1. The van der Waals surface area contributed by atoms with E-state index in [1.54, 1.807) is 12.3 Å². The van der Waals surface area contributed by atoms with Gasteiger partial charge in [0.05, 0.1) is 11.3 Å². The SMILES string of the molecule is Cc1cc(NN)c(C(=O)NCCN2CCCC2)cn1. The molecule has 1 fully saturated rings. The summed E-state index contributed by atoms with van der Waals surface area (Å²) in [5, 5.41) is 2.90. The minimum atomic E-state index is -0.139. The Balaban J connectivity index is 1.88. The summed E-state index contributed by atoms with van der Waals surface area (Å²) < 4.78 is 0. The normalized spacial score (nSPS) is 15.5. The lowest BCUT2D eigenvalue weighted by Gasteiger charge is -2.15. The molecule has 1 aliphatic heterocycles. The molecule has 104 valence electrons. The van der Waals surface area contributed by atoms with Crippen molar-refractivity contribution < 1.29 is 4.79 Å². The highest BCUT2D eigenvalue weighted by atomic mass is 16.1. The van der Waals surface area contributed by atoms with Crippen LogP contribution in [0.15, 0.2) is 12.3 Å². The fourth-order valence-electron chi connectivity index (χ4n) is 2.29. The monoisotopic (exact) mass is 263 g/mol. The topological polar surface area (TPSA) is 83.3 Å². The minimum Gasteiger partial charge on any atom is -0.351 e. The summed E-state index contributed by atoms with van der Waals surface area (Å²) in [7, 11) is 0. The van der Waals surface area contributed by atoms with Gasteiger partial charge in [-0.3, -0.25) is 15.6 Å². The van der Waals surface area contributed by atoms with E-state index in [1.807, 2.05) is 6.92 Å². The number of aryl methyl sites for hydroxylation is 1. The highest BCUT2D eigenvalue weighted by Gasteiger charge is 2.14. The summed E-state index contributed by atoms with van der Waals surface area (Å²) in [5.74, 6) is 5.28. The van der Waals surface area contributed by atoms with Crippen molar-refractivity contribution in [2.75, 3.05) is 31.6 Å². The van der Waals surface area contributed by atoms with Crippen LogP contribution in [-0.2, 0) is 0 Å². The summed E-state index contributed by atoms with van der Waals surface area (Å²) in [6.07, 6.45) is 4.07. The Morgan fingerprint density at radius 2 is 2.21 bits per heavy atom. The lowest BCUT2D eigenvalue weighted by molar-refractivity contribution is 0.0950. The van der Waals surface area contributed by atoms with Crippen LogP contribution in [-0.4, -0.2) is 42.0 Å². The Morgan fingerprint density at radius 1 is 1.47 bits per heavy atom. The molecule has 0 atom stereocenters. The molecule has 0 radical (unpaired) electrons. The average Bonchev–Trinajstić information content (AvgIpc) is 2.91. The van der Waals surface area contributed by atoms with Crippen LogP contribution in [0.5, 0.6) is 0 Å². The Kier molecular flexibility index (Phi) is 4.70. The standard InChI is InChI=1S/C13H21N5O/c1-10-8-12(17-14)11(9-16-10)13(19)15-4-7-18-5-2-3-6-18/h8-9H,2-7,14H2,1H3,(H,15,19)(H,16,17). The van der Waals surface area contributed by atoms with E-state index >= 15 is 0 Å². The van der Waals surface area contributed by atoms with Gasteiger partial charge in [0.2, 0.25) is 0 Å². The first kappa shape index (κ1) is 13.8. The van der Waals surface area contributed by atoms with Crippen LogP contribution >= 0.6 is 0 Å². The van der Waals surface area contributed by atoms with Crippen molar-refractivity contribution in [1.29, 1.82) is 0 Å². The minimum absolute atomic E-state index is 0.139. The lowest BCUT2D eigenvalue weighted by Crippen LogP contribution is -2.34. The van der Waals surface area contributed by atoms with E-state index < -0.39 is 0 Å².